The molecule has 0 radical (unpaired) electrons. The van der Waals surface area contributed by atoms with Crippen LogP contribution in [-0.4, -0.2) is 69.2 Å². The molecule has 0 spiro atoms. The standard InChI is InChI=1S/C13H25FN2O5/c1-2-3-12(18)16-8-11(14)10-21-7-6-20-5-4-15-13(19)9-17/h11,17H,2-10H2,1H3,(H,15,19)(H,16,18). The van der Waals surface area contributed by atoms with Crippen LogP contribution in [-0.2, 0) is 19.1 Å². The van der Waals surface area contributed by atoms with Crippen LogP contribution in [0.1, 0.15) is 19.8 Å². The van der Waals surface area contributed by atoms with Crippen molar-refractivity contribution in [1.29, 1.82) is 0 Å². The van der Waals surface area contributed by atoms with Crippen molar-refractivity contribution in [3.8, 4) is 0 Å². The molecule has 2 amide bonds. The number of hydrogen-bond donors (Lipinski definition) is 3. The van der Waals surface area contributed by atoms with Crippen molar-refractivity contribution in [3.63, 3.8) is 0 Å². The van der Waals surface area contributed by atoms with Gasteiger partial charge in [-0.25, -0.2) is 4.39 Å². The van der Waals surface area contributed by atoms with Gasteiger partial charge in [-0.2, -0.15) is 0 Å². The van der Waals surface area contributed by atoms with Crippen LogP contribution < -0.4 is 10.6 Å². The third-order valence-electron chi connectivity index (χ3n) is 2.38. The van der Waals surface area contributed by atoms with E-state index in [0.29, 0.717) is 19.6 Å². The monoisotopic (exact) mass is 308 g/mol. The van der Waals surface area contributed by atoms with E-state index in [1.807, 2.05) is 6.92 Å². The first kappa shape index (κ1) is 19.8. The minimum atomic E-state index is -1.24. The molecule has 0 aromatic rings. The van der Waals surface area contributed by atoms with Gasteiger partial charge in [-0.05, 0) is 6.42 Å². The molecule has 0 bridgehead atoms. The van der Waals surface area contributed by atoms with Crippen molar-refractivity contribution in [3.05, 3.63) is 0 Å². The van der Waals surface area contributed by atoms with Crippen LogP contribution in [0.25, 0.3) is 0 Å². The van der Waals surface area contributed by atoms with Crippen LogP contribution in [0.5, 0.6) is 0 Å². The van der Waals surface area contributed by atoms with Gasteiger partial charge in [0.25, 0.3) is 0 Å². The molecule has 1 unspecified atom stereocenters. The third-order valence-corrected chi connectivity index (χ3v) is 2.38. The van der Waals surface area contributed by atoms with Crippen LogP contribution in [0.4, 0.5) is 4.39 Å². The number of carbonyl (C=O) groups is 2. The van der Waals surface area contributed by atoms with E-state index in [9.17, 15) is 14.0 Å². The van der Waals surface area contributed by atoms with E-state index in [4.69, 9.17) is 14.6 Å². The Morgan fingerprint density at radius 2 is 1.86 bits per heavy atom. The maximum Gasteiger partial charge on any atom is 0.245 e. The second-order valence-electron chi connectivity index (χ2n) is 4.35. The molecular weight excluding hydrogens is 283 g/mol. The molecule has 0 saturated carbocycles. The second-order valence-corrected chi connectivity index (χ2v) is 4.35. The molecule has 0 aliphatic carbocycles. The number of ether oxygens (including phenoxy) is 2. The summed E-state index contributed by atoms with van der Waals surface area (Å²) >= 11 is 0. The molecule has 0 fully saturated rings. The van der Waals surface area contributed by atoms with Crippen molar-refractivity contribution < 1.29 is 28.6 Å². The highest BCUT2D eigenvalue weighted by atomic mass is 19.1. The van der Waals surface area contributed by atoms with Crippen molar-refractivity contribution in [2.45, 2.75) is 25.9 Å². The lowest BCUT2D eigenvalue weighted by Crippen LogP contribution is -2.32. The predicted molar refractivity (Wildman–Crippen MR) is 74.5 cm³/mol. The highest BCUT2D eigenvalue weighted by Gasteiger charge is 2.08. The average molecular weight is 308 g/mol. The molecule has 7 nitrogen and oxygen atoms in total. The van der Waals surface area contributed by atoms with E-state index in [0.717, 1.165) is 6.42 Å². The Morgan fingerprint density at radius 1 is 1.14 bits per heavy atom. The average Bonchev–Trinajstić information content (AvgIpc) is 2.47. The largest absolute Gasteiger partial charge is 0.387 e. The molecular formula is C13H25FN2O5. The number of rotatable bonds is 13. The van der Waals surface area contributed by atoms with Gasteiger partial charge in [-0.15, -0.1) is 0 Å². The van der Waals surface area contributed by atoms with Crippen LogP contribution in [0.2, 0.25) is 0 Å². The summed E-state index contributed by atoms with van der Waals surface area (Å²) in [7, 11) is 0. The first-order valence-corrected chi connectivity index (χ1v) is 7.04. The van der Waals surface area contributed by atoms with E-state index in [1.165, 1.54) is 0 Å². The Kier molecular flexibility index (Phi) is 12.9. The van der Waals surface area contributed by atoms with Gasteiger partial charge in [-0.1, -0.05) is 6.92 Å². The molecule has 124 valence electrons. The molecule has 0 heterocycles. The molecule has 0 saturated heterocycles. The summed E-state index contributed by atoms with van der Waals surface area (Å²) in [6.07, 6.45) is -0.112. The van der Waals surface area contributed by atoms with E-state index in [1.54, 1.807) is 0 Å². The lowest BCUT2D eigenvalue weighted by atomic mass is 10.3. The first-order chi connectivity index (χ1) is 10.1. The fourth-order valence-electron chi connectivity index (χ4n) is 1.35. The van der Waals surface area contributed by atoms with E-state index < -0.39 is 18.7 Å². The Balaban J connectivity index is 3.30. The van der Waals surface area contributed by atoms with Crippen LogP contribution >= 0.6 is 0 Å². The Hall–Kier alpha value is -1.25. The topological polar surface area (TPSA) is 96.9 Å². The fourth-order valence-corrected chi connectivity index (χ4v) is 1.35. The van der Waals surface area contributed by atoms with Crippen molar-refractivity contribution in [2.24, 2.45) is 0 Å². The zero-order valence-corrected chi connectivity index (χ0v) is 12.4. The number of halogens is 1. The Morgan fingerprint density at radius 3 is 2.52 bits per heavy atom. The minimum absolute atomic E-state index is 0.0487. The summed E-state index contributed by atoms with van der Waals surface area (Å²) in [5.74, 6) is -0.617. The summed E-state index contributed by atoms with van der Waals surface area (Å²) < 4.78 is 23.5. The maximum atomic E-state index is 13.3. The highest BCUT2D eigenvalue weighted by Crippen LogP contribution is 1.92. The lowest BCUT2D eigenvalue weighted by molar-refractivity contribution is -0.124. The van der Waals surface area contributed by atoms with Crippen molar-refractivity contribution in [1.82, 2.24) is 10.6 Å². The fraction of sp³-hybridized carbons (Fsp3) is 0.846. The van der Waals surface area contributed by atoms with Crippen LogP contribution in [0.3, 0.4) is 0 Å². The number of carbonyl (C=O) groups excluding carboxylic acids is 2. The van der Waals surface area contributed by atoms with Gasteiger partial charge in [0.2, 0.25) is 11.8 Å². The van der Waals surface area contributed by atoms with Gasteiger partial charge in [0.1, 0.15) is 12.8 Å². The van der Waals surface area contributed by atoms with Crippen molar-refractivity contribution >= 4 is 11.8 Å². The zero-order valence-electron chi connectivity index (χ0n) is 12.4. The Labute approximate surface area is 124 Å². The molecule has 0 aromatic carbocycles. The van der Waals surface area contributed by atoms with Crippen LogP contribution in [0.15, 0.2) is 0 Å². The van der Waals surface area contributed by atoms with Crippen LogP contribution in [0, 0.1) is 0 Å². The highest BCUT2D eigenvalue weighted by molar-refractivity contribution is 5.76. The summed E-state index contributed by atoms with van der Waals surface area (Å²) in [5.41, 5.74) is 0. The van der Waals surface area contributed by atoms with Gasteiger partial charge >= 0.3 is 0 Å². The zero-order chi connectivity index (χ0) is 15.9. The van der Waals surface area contributed by atoms with Gasteiger partial charge in [0.15, 0.2) is 0 Å². The normalized spacial score (nSPS) is 12.0. The number of aliphatic hydroxyl groups excluding tert-OH is 1. The quantitative estimate of drug-likeness (QED) is 0.394. The van der Waals surface area contributed by atoms with Gasteiger partial charge in [-0.3, -0.25) is 9.59 Å². The molecule has 0 aliphatic rings. The summed E-state index contributed by atoms with van der Waals surface area (Å²) in [5, 5.41) is 13.3. The molecule has 1 atom stereocenters. The van der Waals surface area contributed by atoms with Gasteiger partial charge < -0.3 is 25.2 Å². The number of alkyl halides is 1. The lowest BCUT2D eigenvalue weighted by Gasteiger charge is -2.10. The summed E-state index contributed by atoms with van der Waals surface area (Å²) in [6, 6.07) is 0. The maximum absolute atomic E-state index is 13.3. The molecule has 0 rings (SSSR count). The molecule has 3 N–H and O–H groups in total. The SMILES string of the molecule is CCCC(=O)NCC(F)COCCOCCNC(=O)CO. The minimum Gasteiger partial charge on any atom is -0.387 e. The number of amides is 2. The number of nitrogens with one attached hydrogen (secondary N) is 2. The number of hydrogen-bond acceptors (Lipinski definition) is 5. The molecule has 0 aromatic heterocycles. The third kappa shape index (κ3) is 13.5. The first-order valence-electron chi connectivity index (χ1n) is 7.04. The molecule has 0 aliphatic heterocycles. The molecule has 8 heteroatoms. The molecule has 21 heavy (non-hydrogen) atoms. The number of aliphatic hydroxyl groups is 1. The predicted octanol–water partition coefficient (Wildman–Crippen LogP) is -0.617. The smallest absolute Gasteiger partial charge is 0.245 e. The van der Waals surface area contributed by atoms with E-state index in [-0.39, 0.29) is 32.3 Å². The van der Waals surface area contributed by atoms with Gasteiger partial charge in [0.05, 0.1) is 33.0 Å². The summed E-state index contributed by atoms with van der Waals surface area (Å²) in [4.78, 5) is 21.8. The second kappa shape index (κ2) is 13.7. The summed E-state index contributed by atoms with van der Waals surface area (Å²) in [6.45, 7) is 2.29. The van der Waals surface area contributed by atoms with E-state index in [2.05, 4.69) is 10.6 Å². The van der Waals surface area contributed by atoms with Gasteiger partial charge in [0, 0.05) is 13.0 Å². The van der Waals surface area contributed by atoms with Crippen molar-refractivity contribution in [2.75, 3.05) is 46.1 Å². The Bertz CT molecular complexity index is 292. The van der Waals surface area contributed by atoms with E-state index >= 15 is 0 Å².